The Bertz CT molecular complexity index is 459. The highest BCUT2D eigenvalue weighted by Gasteiger charge is 2.07. The van der Waals surface area contributed by atoms with Gasteiger partial charge in [-0.3, -0.25) is 0 Å². The molecule has 0 bridgehead atoms. The van der Waals surface area contributed by atoms with Crippen molar-refractivity contribution in [1.82, 2.24) is 5.32 Å². The highest BCUT2D eigenvalue weighted by molar-refractivity contribution is 7.90. The molecule has 1 N–H and O–H groups in total. The van der Waals surface area contributed by atoms with Gasteiger partial charge in [0.25, 0.3) is 0 Å². The lowest BCUT2D eigenvalue weighted by molar-refractivity contribution is 0.196. The van der Waals surface area contributed by atoms with Crippen LogP contribution in [0.25, 0.3) is 0 Å². The Morgan fingerprint density at radius 3 is 2.61 bits per heavy atom. The van der Waals surface area contributed by atoms with Crippen molar-refractivity contribution < 1.29 is 17.9 Å². The first kappa shape index (κ1) is 14.9. The molecule has 0 unspecified atom stereocenters. The Morgan fingerprint density at radius 1 is 1.22 bits per heavy atom. The van der Waals surface area contributed by atoms with Crippen molar-refractivity contribution in [2.75, 3.05) is 39.7 Å². The summed E-state index contributed by atoms with van der Waals surface area (Å²) in [6.07, 6.45) is 1.18. The normalized spacial score (nSPS) is 11.4. The largest absolute Gasteiger partial charge is 0.492 e. The fraction of sp³-hybridized carbons (Fsp3) is 0.500. The van der Waals surface area contributed by atoms with Crippen molar-refractivity contribution in [3.05, 3.63) is 24.3 Å². The van der Waals surface area contributed by atoms with Crippen LogP contribution in [0, 0.1) is 0 Å². The van der Waals surface area contributed by atoms with Crippen LogP contribution in [-0.2, 0) is 14.6 Å². The van der Waals surface area contributed by atoms with E-state index >= 15 is 0 Å². The molecule has 0 spiro atoms. The van der Waals surface area contributed by atoms with Gasteiger partial charge in [0.05, 0.1) is 11.5 Å². The molecule has 0 radical (unpaired) electrons. The lowest BCUT2D eigenvalue weighted by atomic mass is 10.3. The van der Waals surface area contributed by atoms with Crippen molar-refractivity contribution in [2.24, 2.45) is 0 Å². The van der Waals surface area contributed by atoms with Gasteiger partial charge in [0.15, 0.2) is 9.84 Å². The molecule has 6 heteroatoms. The molecule has 18 heavy (non-hydrogen) atoms. The van der Waals surface area contributed by atoms with Gasteiger partial charge in [-0.05, 0) is 18.2 Å². The molecule has 0 aromatic heterocycles. The van der Waals surface area contributed by atoms with Crippen LogP contribution >= 0.6 is 0 Å². The molecule has 0 aliphatic rings. The van der Waals surface area contributed by atoms with Crippen LogP contribution in [-0.4, -0.2) is 48.1 Å². The van der Waals surface area contributed by atoms with Crippen LogP contribution in [0.5, 0.6) is 5.75 Å². The van der Waals surface area contributed by atoms with Gasteiger partial charge in [0.2, 0.25) is 0 Å². The zero-order valence-corrected chi connectivity index (χ0v) is 11.5. The van der Waals surface area contributed by atoms with E-state index in [4.69, 9.17) is 9.47 Å². The summed E-state index contributed by atoms with van der Waals surface area (Å²) in [7, 11) is -1.53. The Balaban J connectivity index is 2.39. The highest BCUT2D eigenvalue weighted by atomic mass is 32.2. The Labute approximate surface area is 108 Å². The standard InChI is InChI=1S/C12H19NO4S/c1-16-8-6-13-7-9-17-11-4-3-5-12(10-11)18(2,14)15/h3-5,10,13H,6-9H2,1-2H3. The van der Waals surface area contributed by atoms with Crippen molar-refractivity contribution >= 4 is 9.84 Å². The molecular weight excluding hydrogens is 254 g/mol. The topological polar surface area (TPSA) is 64.6 Å². The molecule has 0 aliphatic carbocycles. The number of nitrogens with one attached hydrogen (secondary N) is 1. The third-order valence-electron chi connectivity index (χ3n) is 2.26. The molecule has 1 aromatic rings. The fourth-order valence-corrected chi connectivity index (χ4v) is 1.99. The average molecular weight is 273 g/mol. The van der Waals surface area contributed by atoms with E-state index in [-0.39, 0.29) is 4.90 Å². The molecule has 0 amide bonds. The summed E-state index contributed by atoms with van der Waals surface area (Å²) in [6.45, 7) is 2.59. The van der Waals surface area contributed by atoms with E-state index in [0.717, 1.165) is 6.54 Å². The summed E-state index contributed by atoms with van der Waals surface area (Å²) >= 11 is 0. The number of rotatable bonds is 8. The molecule has 0 saturated carbocycles. The number of hydrogen-bond donors (Lipinski definition) is 1. The summed E-state index contributed by atoms with van der Waals surface area (Å²) in [6, 6.07) is 6.50. The van der Waals surface area contributed by atoms with Crippen LogP contribution in [0.1, 0.15) is 0 Å². The van der Waals surface area contributed by atoms with Gasteiger partial charge in [0, 0.05) is 26.5 Å². The number of methoxy groups -OCH3 is 1. The van der Waals surface area contributed by atoms with Gasteiger partial charge in [-0.2, -0.15) is 0 Å². The summed E-state index contributed by atoms with van der Waals surface area (Å²) in [4.78, 5) is 0.271. The van der Waals surface area contributed by atoms with Crippen LogP contribution in [0.3, 0.4) is 0 Å². The molecule has 1 aromatic carbocycles. The Hall–Kier alpha value is -1.11. The third-order valence-corrected chi connectivity index (χ3v) is 3.37. The average Bonchev–Trinajstić information content (AvgIpc) is 2.33. The van der Waals surface area contributed by atoms with Gasteiger partial charge in [-0.15, -0.1) is 0 Å². The predicted octanol–water partition coefficient (Wildman–Crippen LogP) is 0.705. The molecule has 0 heterocycles. The molecule has 1 rings (SSSR count). The number of ether oxygens (including phenoxy) is 2. The van der Waals surface area contributed by atoms with E-state index in [1.54, 1.807) is 25.3 Å². The highest BCUT2D eigenvalue weighted by Crippen LogP contribution is 2.16. The van der Waals surface area contributed by atoms with Crippen molar-refractivity contribution in [3.63, 3.8) is 0 Å². The molecule has 0 saturated heterocycles. The first-order valence-corrected chi connectivity index (χ1v) is 7.56. The molecule has 0 fully saturated rings. The fourth-order valence-electron chi connectivity index (χ4n) is 1.33. The van der Waals surface area contributed by atoms with Crippen molar-refractivity contribution in [2.45, 2.75) is 4.90 Å². The zero-order chi connectivity index (χ0) is 13.4. The Kier molecular flexibility index (Phi) is 6.11. The first-order chi connectivity index (χ1) is 8.54. The van der Waals surface area contributed by atoms with Crippen LogP contribution < -0.4 is 10.1 Å². The van der Waals surface area contributed by atoms with Crippen molar-refractivity contribution in [1.29, 1.82) is 0 Å². The minimum absolute atomic E-state index is 0.271. The predicted molar refractivity (Wildman–Crippen MR) is 69.8 cm³/mol. The molecule has 5 nitrogen and oxygen atoms in total. The first-order valence-electron chi connectivity index (χ1n) is 5.66. The van der Waals surface area contributed by atoms with Crippen LogP contribution in [0.15, 0.2) is 29.2 Å². The van der Waals surface area contributed by atoms with Crippen molar-refractivity contribution in [3.8, 4) is 5.75 Å². The van der Waals surface area contributed by atoms with Gasteiger partial charge in [-0.25, -0.2) is 8.42 Å². The third kappa shape index (κ3) is 5.48. The number of hydrogen-bond acceptors (Lipinski definition) is 5. The quantitative estimate of drug-likeness (QED) is 0.707. The summed E-state index contributed by atoms with van der Waals surface area (Å²) in [5, 5.41) is 3.13. The minimum atomic E-state index is -3.18. The molecule has 0 aliphatic heterocycles. The van der Waals surface area contributed by atoms with Gasteiger partial charge < -0.3 is 14.8 Å². The molecule has 0 atom stereocenters. The van der Waals surface area contributed by atoms with E-state index in [0.29, 0.717) is 25.5 Å². The second-order valence-electron chi connectivity index (χ2n) is 3.84. The van der Waals surface area contributed by atoms with Gasteiger partial charge >= 0.3 is 0 Å². The SMILES string of the molecule is COCCNCCOc1cccc(S(C)(=O)=O)c1. The molecule has 102 valence electrons. The summed E-state index contributed by atoms with van der Waals surface area (Å²) in [5.74, 6) is 0.562. The summed E-state index contributed by atoms with van der Waals surface area (Å²) < 4.78 is 33.0. The molecular formula is C12H19NO4S. The van der Waals surface area contributed by atoms with Gasteiger partial charge in [0.1, 0.15) is 12.4 Å². The maximum Gasteiger partial charge on any atom is 0.175 e. The van der Waals surface area contributed by atoms with E-state index in [1.165, 1.54) is 12.3 Å². The monoisotopic (exact) mass is 273 g/mol. The zero-order valence-electron chi connectivity index (χ0n) is 10.7. The van der Waals surface area contributed by atoms with E-state index < -0.39 is 9.84 Å². The van der Waals surface area contributed by atoms with E-state index in [2.05, 4.69) is 5.32 Å². The Morgan fingerprint density at radius 2 is 1.94 bits per heavy atom. The van der Waals surface area contributed by atoms with Crippen LogP contribution in [0.4, 0.5) is 0 Å². The maximum atomic E-state index is 11.4. The second kappa shape index (κ2) is 7.35. The number of benzene rings is 1. The second-order valence-corrected chi connectivity index (χ2v) is 5.85. The van der Waals surface area contributed by atoms with Gasteiger partial charge in [-0.1, -0.05) is 6.07 Å². The summed E-state index contributed by atoms with van der Waals surface area (Å²) in [5.41, 5.74) is 0. The van der Waals surface area contributed by atoms with Crippen LogP contribution in [0.2, 0.25) is 0 Å². The van der Waals surface area contributed by atoms with E-state index in [9.17, 15) is 8.42 Å². The minimum Gasteiger partial charge on any atom is -0.492 e. The lowest BCUT2D eigenvalue weighted by Gasteiger charge is -2.08. The smallest absolute Gasteiger partial charge is 0.175 e. The van der Waals surface area contributed by atoms with E-state index in [1.807, 2.05) is 0 Å². The maximum absolute atomic E-state index is 11.4. The number of sulfone groups is 1. The lowest BCUT2D eigenvalue weighted by Crippen LogP contribution is -2.24.